The molecule has 0 saturated heterocycles. The molecule has 0 fully saturated rings. The molecule has 0 aliphatic heterocycles. The fourth-order valence-corrected chi connectivity index (χ4v) is 10.4. The first-order chi connectivity index (χ1) is 36.3. The predicted octanol–water partition coefficient (Wildman–Crippen LogP) is 20.4. The summed E-state index contributed by atoms with van der Waals surface area (Å²) in [5, 5.41) is 9.94. The second kappa shape index (κ2) is 19.8. The lowest BCUT2D eigenvalue weighted by atomic mass is 9.88. The van der Waals surface area contributed by atoms with Gasteiger partial charge < -0.3 is 9.80 Å². The molecule has 0 aliphatic rings. The van der Waals surface area contributed by atoms with Crippen LogP contribution < -0.4 is 9.80 Å². The maximum absolute atomic E-state index is 2.42. The molecule has 0 unspecified atom stereocenters. The van der Waals surface area contributed by atoms with Crippen molar-refractivity contribution < 1.29 is 0 Å². The van der Waals surface area contributed by atoms with E-state index >= 15 is 0 Å². The summed E-state index contributed by atoms with van der Waals surface area (Å²) in [6, 6.07) is 84.8. The topological polar surface area (TPSA) is 6.48 Å². The van der Waals surface area contributed by atoms with Gasteiger partial charge in [-0.2, -0.15) is 0 Å². The van der Waals surface area contributed by atoms with Crippen LogP contribution in [0.1, 0.15) is 55.6 Å². The molecule has 0 amide bonds. The van der Waals surface area contributed by atoms with Gasteiger partial charge in [0.1, 0.15) is 0 Å². The summed E-state index contributed by atoms with van der Waals surface area (Å²) >= 11 is 0. The monoisotopic (exact) mass is 948 g/mol. The van der Waals surface area contributed by atoms with Gasteiger partial charge in [-0.25, -0.2) is 0 Å². The lowest BCUT2D eigenvalue weighted by Crippen LogP contribution is -2.11. The summed E-state index contributed by atoms with van der Waals surface area (Å²) in [5.74, 6) is 0. The van der Waals surface area contributed by atoms with Gasteiger partial charge in [0.2, 0.25) is 0 Å². The van der Waals surface area contributed by atoms with E-state index in [4.69, 9.17) is 0 Å². The Kier molecular flexibility index (Phi) is 12.2. The van der Waals surface area contributed by atoms with Crippen LogP contribution in [-0.4, -0.2) is 0 Å². The van der Waals surface area contributed by atoms with Crippen molar-refractivity contribution in [2.75, 3.05) is 9.80 Å². The van der Waals surface area contributed by atoms with E-state index in [-0.39, 0.29) is 0 Å². The van der Waals surface area contributed by atoms with Gasteiger partial charge in [-0.3, -0.25) is 0 Å². The molecule has 12 rings (SSSR count). The Balaban J connectivity index is 0.968. The zero-order valence-corrected chi connectivity index (χ0v) is 42.3. The van der Waals surface area contributed by atoms with Gasteiger partial charge in [0, 0.05) is 33.5 Å². The molecule has 0 radical (unpaired) electrons. The fraction of sp³-hybridized carbons (Fsp3) is 0.0556. The van der Waals surface area contributed by atoms with Crippen LogP contribution in [0.5, 0.6) is 0 Å². The summed E-state index contributed by atoms with van der Waals surface area (Å²) in [4.78, 5) is 4.84. The average molecular weight is 949 g/mol. The fourth-order valence-electron chi connectivity index (χ4n) is 10.4. The minimum Gasteiger partial charge on any atom is -0.310 e. The van der Waals surface area contributed by atoms with E-state index in [2.05, 4.69) is 304 Å². The number of fused-ring (bicyclic) bond motifs is 2. The highest BCUT2D eigenvalue weighted by Crippen LogP contribution is 2.49. The highest BCUT2D eigenvalue weighted by atomic mass is 15.1. The van der Waals surface area contributed by atoms with Gasteiger partial charge in [0.05, 0.1) is 11.4 Å². The average Bonchev–Trinajstić information content (AvgIpc) is 3.45. The van der Waals surface area contributed by atoms with Crippen molar-refractivity contribution in [2.45, 2.75) is 27.7 Å². The number of hydrogen-bond acceptors (Lipinski definition) is 2. The smallest absolute Gasteiger partial charge is 0.0540 e. The summed E-state index contributed by atoms with van der Waals surface area (Å²) in [6.07, 6.45) is 13.1. The molecule has 0 aliphatic carbocycles. The maximum Gasteiger partial charge on any atom is 0.0540 e. The number of rotatable bonds is 12. The molecule has 2 nitrogen and oxygen atoms in total. The summed E-state index contributed by atoms with van der Waals surface area (Å²) in [5.41, 5.74) is 18.7. The number of anilines is 6. The van der Waals surface area contributed by atoms with Crippen LogP contribution in [-0.2, 0) is 0 Å². The zero-order valence-electron chi connectivity index (χ0n) is 42.3. The third kappa shape index (κ3) is 9.15. The van der Waals surface area contributed by atoms with Crippen LogP contribution in [0.3, 0.4) is 0 Å². The lowest BCUT2D eigenvalue weighted by Gasteiger charge is -2.29. The quantitative estimate of drug-likeness (QED) is 0.0684. The highest BCUT2D eigenvalue weighted by molar-refractivity contribution is 6.35. The normalized spacial score (nSPS) is 11.9. The van der Waals surface area contributed by atoms with Gasteiger partial charge in [-0.15, -0.1) is 0 Å². The molecule has 12 aromatic carbocycles. The number of benzene rings is 12. The van der Waals surface area contributed by atoms with E-state index in [0.29, 0.717) is 0 Å². The molecule has 0 atom stereocenters. The van der Waals surface area contributed by atoms with Crippen LogP contribution in [0.15, 0.2) is 231 Å². The van der Waals surface area contributed by atoms with Crippen molar-refractivity contribution in [1.29, 1.82) is 0 Å². The minimum absolute atomic E-state index is 1.09. The number of hydrogen-bond donors (Lipinski definition) is 0. The zero-order chi connectivity index (χ0) is 50.1. The molecule has 0 spiro atoms. The van der Waals surface area contributed by atoms with Crippen LogP contribution in [0, 0.1) is 27.7 Å². The summed E-state index contributed by atoms with van der Waals surface area (Å²) < 4.78 is 0. The lowest BCUT2D eigenvalue weighted by molar-refractivity contribution is 1.29. The molecular formula is C72H56N2. The van der Waals surface area contributed by atoms with Gasteiger partial charge in [-0.05, 0) is 154 Å². The molecule has 0 bridgehead atoms. The van der Waals surface area contributed by atoms with Crippen molar-refractivity contribution in [1.82, 2.24) is 0 Å². The molecule has 74 heavy (non-hydrogen) atoms. The van der Waals surface area contributed by atoms with E-state index in [1.165, 1.54) is 82.0 Å². The molecule has 12 aromatic rings. The first-order valence-electron chi connectivity index (χ1n) is 25.6. The molecular weight excluding hydrogens is 893 g/mol. The Morgan fingerprint density at radius 1 is 0.216 bits per heavy atom. The summed E-state index contributed by atoms with van der Waals surface area (Å²) in [6.45, 7) is 8.53. The Morgan fingerprint density at radius 2 is 0.432 bits per heavy atom. The molecule has 0 aromatic heterocycles. The van der Waals surface area contributed by atoms with Crippen LogP contribution in [0.4, 0.5) is 34.1 Å². The molecule has 0 saturated carbocycles. The Hall–Kier alpha value is -9.24. The Bertz CT molecular complexity index is 3910. The third-order valence-corrected chi connectivity index (χ3v) is 14.5. The van der Waals surface area contributed by atoms with E-state index < -0.39 is 0 Å². The Morgan fingerprint density at radius 3 is 0.716 bits per heavy atom. The van der Waals surface area contributed by atoms with Crippen molar-refractivity contribution in [3.05, 3.63) is 286 Å². The first-order valence-corrected chi connectivity index (χ1v) is 25.6. The van der Waals surface area contributed by atoms with Crippen molar-refractivity contribution >= 4 is 114 Å². The van der Waals surface area contributed by atoms with Gasteiger partial charge in [0.15, 0.2) is 0 Å². The van der Waals surface area contributed by atoms with Gasteiger partial charge >= 0.3 is 0 Å². The standard InChI is InChI=1S/C72H56N2/c1-49-11-19-53(20-12-49)25-28-56-31-39-60(40-32-56)73(59-37-17-52(4)18-38-59)69-47-45-65-66-46-48-70(68-10-6-8-64(72(66)68)63-7-5-9-67(69)71(63)65)74(61-41-33-57(34-42-61)29-26-54-21-13-50(2)14-22-54)62-43-35-58(36-44-62)30-27-55-23-15-51(3)16-24-55/h5-48H,1-4H3/b28-25+,29-26+,30-27+. The van der Waals surface area contributed by atoms with Crippen molar-refractivity contribution in [2.24, 2.45) is 0 Å². The third-order valence-electron chi connectivity index (χ3n) is 14.5. The largest absolute Gasteiger partial charge is 0.310 e. The van der Waals surface area contributed by atoms with Crippen LogP contribution in [0.25, 0.3) is 79.5 Å². The molecule has 354 valence electrons. The second-order valence-electron chi connectivity index (χ2n) is 19.7. The number of aryl methyl sites for hydroxylation is 4. The van der Waals surface area contributed by atoms with E-state index in [1.807, 2.05) is 0 Å². The van der Waals surface area contributed by atoms with Gasteiger partial charge in [-0.1, -0.05) is 229 Å². The van der Waals surface area contributed by atoms with Gasteiger partial charge in [0.25, 0.3) is 0 Å². The first kappa shape index (κ1) is 45.9. The Labute approximate surface area is 435 Å². The SMILES string of the molecule is Cc1ccc(/C=C/c2ccc(N(c3ccc(C)cc3)c3ccc4c5ccc(N(c6ccc(/C=C/c7ccc(C)cc7)cc6)c6ccc(/C=C/c7ccc(C)cc7)cc6)c6cccc(c7cccc3c74)c65)cc2)cc1. The summed E-state index contributed by atoms with van der Waals surface area (Å²) in [7, 11) is 0. The number of nitrogens with zero attached hydrogens (tertiary/aromatic N) is 2. The molecule has 0 N–H and O–H groups in total. The molecule has 2 heteroatoms. The van der Waals surface area contributed by atoms with E-state index in [9.17, 15) is 0 Å². The van der Waals surface area contributed by atoms with E-state index in [1.54, 1.807) is 0 Å². The predicted molar refractivity (Wildman–Crippen MR) is 322 cm³/mol. The van der Waals surface area contributed by atoms with Crippen molar-refractivity contribution in [3.8, 4) is 0 Å². The van der Waals surface area contributed by atoms with Crippen LogP contribution >= 0.6 is 0 Å². The van der Waals surface area contributed by atoms with E-state index in [0.717, 1.165) is 50.8 Å². The van der Waals surface area contributed by atoms with Crippen LogP contribution in [0.2, 0.25) is 0 Å². The van der Waals surface area contributed by atoms with Crippen molar-refractivity contribution in [3.63, 3.8) is 0 Å². The minimum atomic E-state index is 1.09. The maximum atomic E-state index is 2.42. The highest BCUT2D eigenvalue weighted by Gasteiger charge is 2.23. The second-order valence-corrected chi connectivity index (χ2v) is 19.7. The molecule has 0 heterocycles.